The highest BCUT2D eigenvalue weighted by atomic mass is 16.5. The van der Waals surface area contributed by atoms with E-state index in [-0.39, 0.29) is 5.91 Å². The van der Waals surface area contributed by atoms with Crippen LogP contribution in [0, 0.1) is 11.8 Å². The molecule has 3 aromatic heterocycles. The molecule has 0 bridgehead atoms. The molecule has 0 spiro atoms. The van der Waals surface area contributed by atoms with Gasteiger partial charge < -0.3 is 24.1 Å². The summed E-state index contributed by atoms with van der Waals surface area (Å²) in [6, 6.07) is 12.5. The number of likely N-dealkylation sites (tertiary alicyclic amines) is 1. The number of aryl methyl sites for hydroxylation is 2. The van der Waals surface area contributed by atoms with E-state index in [0.717, 1.165) is 77.3 Å². The first-order chi connectivity index (χ1) is 20.4. The molecular formula is C33H39N7O2. The molecule has 1 amide bonds. The number of nitrogens with one attached hydrogen (secondary N) is 1. The van der Waals surface area contributed by atoms with E-state index in [1.54, 1.807) is 11.8 Å². The second-order valence-corrected chi connectivity index (χ2v) is 12.1. The average molecular weight is 566 g/mol. The van der Waals surface area contributed by atoms with Gasteiger partial charge in [0.2, 0.25) is 0 Å². The molecule has 42 heavy (non-hydrogen) atoms. The number of anilines is 2. The number of amides is 1. The van der Waals surface area contributed by atoms with Crippen molar-refractivity contribution in [2.75, 3.05) is 25.5 Å². The highest BCUT2D eigenvalue weighted by molar-refractivity contribution is 6.01. The minimum absolute atomic E-state index is 0.0644. The van der Waals surface area contributed by atoms with Crippen molar-refractivity contribution in [2.45, 2.75) is 45.6 Å². The van der Waals surface area contributed by atoms with Gasteiger partial charge in [-0.2, -0.15) is 5.10 Å². The first-order valence-electron chi connectivity index (χ1n) is 15.2. The van der Waals surface area contributed by atoms with Crippen molar-refractivity contribution in [3.63, 3.8) is 0 Å². The van der Waals surface area contributed by atoms with E-state index in [4.69, 9.17) is 9.72 Å². The third-order valence-corrected chi connectivity index (χ3v) is 9.06. The van der Waals surface area contributed by atoms with E-state index < -0.39 is 0 Å². The molecule has 1 saturated carbocycles. The van der Waals surface area contributed by atoms with E-state index in [2.05, 4.69) is 50.7 Å². The van der Waals surface area contributed by atoms with Gasteiger partial charge in [-0.25, -0.2) is 4.98 Å². The molecule has 1 saturated heterocycles. The molecule has 1 atom stereocenters. The summed E-state index contributed by atoms with van der Waals surface area (Å²) in [7, 11) is 5.64. The minimum atomic E-state index is 0.0644. The smallest absolute Gasteiger partial charge is 0.254 e. The monoisotopic (exact) mass is 565 g/mol. The number of hydrogen-bond donors (Lipinski definition) is 1. The number of para-hydroxylation sites is 1. The van der Waals surface area contributed by atoms with Crippen LogP contribution in [0.2, 0.25) is 0 Å². The Morgan fingerprint density at radius 2 is 1.95 bits per heavy atom. The number of rotatable bonds is 8. The quantitative estimate of drug-likeness (QED) is 0.237. The summed E-state index contributed by atoms with van der Waals surface area (Å²) in [5.74, 6) is 2.83. The number of carbonyl (C=O) groups is 1. The maximum absolute atomic E-state index is 13.6. The second-order valence-electron chi connectivity index (χ2n) is 12.1. The van der Waals surface area contributed by atoms with Crippen molar-refractivity contribution in [1.29, 1.82) is 0 Å². The van der Waals surface area contributed by atoms with Crippen molar-refractivity contribution in [3.05, 3.63) is 54.4 Å². The van der Waals surface area contributed by atoms with Gasteiger partial charge in [0.15, 0.2) is 5.82 Å². The number of benzene rings is 2. The fourth-order valence-corrected chi connectivity index (χ4v) is 6.58. The molecule has 1 N–H and O–H groups in total. The largest absolute Gasteiger partial charge is 0.494 e. The number of ether oxygens (including phenoxy) is 1. The van der Waals surface area contributed by atoms with Gasteiger partial charge in [0.25, 0.3) is 5.91 Å². The lowest BCUT2D eigenvalue weighted by atomic mass is 9.95. The molecule has 218 valence electrons. The van der Waals surface area contributed by atoms with E-state index in [0.29, 0.717) is 23.1 Å². The number of imidazole rings is 1. The number of fused-ring (bicyclic) bond motifs is 2. The van der Waals surface area contributed by atoms with Crippen LogP contribution in [0.5, 0.6) is 5.75 Å². The van der Waals surface area contributed by atoms with Crippen molar-refractivity contribution in [3.8, 4) is 17.3 Å². The van der Waals surface area contributed by atoms with Crippen molar-refractivity contribution in [2.24, 2.45) is 25.9 Å². The molecule has 0 unspecified atom stereocenters. The van der Waals surface area contributed by atoms with Gasteiger partial charge in [-0.3, -0.25) is 9.48 Å². The average Bonchev–Trinajstić information content (AvgIpc) is 3.48. The lowest BCUT2D eigenvalue weighted by Gasteiger charge is -2.32. The Balaban J connectivity index is 1.34. The Labute approximate surface area is 246 Å². The zero-order valence-electron chi connectivity index (χ0n) is 24.9. The Morgan fingerprint density at radius 3 is 2.69 bits per heavy atom. The van der Waals surface area contributed by atoms with Gasteiger partial charge >= 0.3 is 0 Å². The van der Waals surface area contributed by atoms with Gasteiger partial charge in [-0.05, 0) is 61.8 Å². The van der Waals surface area contributed by atoms with Crippen molar-refractivity contribution < 1.29 is 9.53 Å². The standard InChI is InChI=1S/C33H39N7O2/c1-5-21-8-7-13-39(18-21)33(41)24-14-27-31(29(16-24)42-4)38(3)32(36-27)28-15-23-9-6-10-26(35-25-17-34-37(2)20-25)30(23)40(28)19-22-11-12-22/h6,9-10,14-17,20-22,35H,5,7-8,11-13,18-19H2,1-4H3/t21-/m1/s1. The summed E-state index contributed by atoms with van der Waals surface area (Å²) in [4.78, 5) is 20.8. The number of methoxy groups -OCH3 is 1. The molecular weight excluding hydrogens is 526 g/mol. The molecule has 7 rings (SSSR count). The maximum atomic E-state index is 13.6. The van der Waals surface area contributed by atoms with Gasteiger partial charge in [0.1, 0.15) is 11.3 Å². The summed E-state index contributed by atoms with van der Waals surface area (Å²) >= 11 is 0. The van der Waals surface area contributed by atoms with E-state index in [9.17, 15) is 4.79 Å². The maximum Gasteiger partial charge on any atom is 0.254 e. The van der Waals surface area contributed by atoms with Crippen molar-refractivity contribution >= 4 is 39.2 Å². The molecule has 5 aromatic rings. The van der Waals surface area contributed by atoms with E-state index in [1.807, 2.05) is 43.5 Å². The highest BCUT2D eigenvalue weighted by Gasteiger charge is 2.28. The fourth-order valence-electron chi connectivity index (χ4n) is 6.58. The topological polar surface area (TPSA) is 82.1 Å². The first kappa shape index (κ1) is 26.6. The number of piperidine rings is 1. The molecule has 0 radical (unpaired) electrons. The zero-order valence-corrected chi connectivity index (χ0v) is 24.9. The van der Waals surface area contributed by atoms with E-state index in [1.165, 1.54) is 19.3 Å². The number of aromatic nitrogens is 5. The van der Waals surface area contributed by atoms with Gasteiger partial charge in [0, 0.05) is 50.9 Å². The lowest BCUT2D eigenvalue weighted by molar-refractivity contribution is 0.0671. The van der Waals surface area contributed by atoms with Crippen LogP contribution in [-0.2, 0) is 20.6 Å². The lowest BCUT2D eigenvalue weighted by Crippen LogP contribution is -2.39. The predicted molar refractivity (Wildman–Crippen MR) is 166 cm³/mol. The van der Waals surface area contributed by atoms with Gasteiger partial charge in [-0.15, -0.1) is 0 Å². The van der Waals surface area contributed by atoms with Crippen LogP contribution in [-0.4, -0.2) is 54.9 Å². The molecule has 2 aliphatic rings. The normalized spacial score (nSPS) is 17.3. The molecule has 2 aromatic carbocycles. The predicted octanol–water partition coefficient (Wildman–Crippen LogP) is 6.35. The molecule has 9 heteroatoms. The Hall–Kier alpha value is -4.27. The molecule has 4 heterocycles. The Morgan fingerprint density at radius 1 is 1.10 bits per heavy atom. The van der Waals surface area contributed by atoms with Crippen LogP contribution >= 0.6 is 0 Å². The summed E-state index contributed by atoms with van der Waals surface area (Å²) in [6.45, 7) is 4.77. The van der Waals surface area contributed by atoms with Crippen LogP contribution in [0.1, 0.15) is 49.4 Å². The third-order valence-electron chi connectivity index (χ3n) is 9.06. The fraction of sp³-hybridized carbons (Fsp3) is 0.424. The third kappa shape index (κ3) is 4.70. The summed E-state index contributed by atoms with van der Waals surface area (Å²) in [6.07, 6.45) is 9.67. The van der Waals surface area contributed by atoms with Crippen LogP contribution in [0.4, 0.5) is 11.4 Å². The molecule has 9 nitrogen and oxygen atoms in total. The number of carbonyl (C=O) groups excluding carboxylic acids is 1. The summed E-state index contributed by atoms with van der Waals surface area (Å²) < 4.78 is 12.2. The highest BCUT2D eigenvalue weighted by Crippen LogP contribution is 2.40. The summed E-state index contributed by atoms with van der Waals surface area (Å²) in [5.41, 5.74) is 6.53. The van der Waals surface area contributed by atoms with Crippen LogP contribution < -0.4 is 10.1 Å². The Bertz CT molecular complexity index is 1790. The summed E-state index contributed by atoms with van der Waals surface area (Å²) in [5, 5.41) is 9.08. The second kappa shape index (κ2) is 10.5. The van der Waals surface area contributed by atoms with Crippen molar-refractivity contribution in [1.82, 2.24) is 28.8 Å². The van der Waals surface area contributed by atoms with Crippen LogP contribution in [0.15, 0.2) is 48.8 Å². The van der Waals surface area contributed by atoms with Crippen LogP contribution in [0.25, 0.3) is 33.5 Å². The van der Waals surface area contributed by atoms with Gasteiger partial charge in [0.05, 0.1) is 41.4 Å². The molecule has 2 fully saturated rings. The Kier molecular flexibility index (Phi) is 6.67. The number of hydrogen-bond acceptors (Lipinski definition) is 5. The molecule has 1 aliphatic heterocycles. The zero-order chi connectivity index (χ0) is 29.0. The number of nitrogens with zero attached hydrogens (tertiary/aromatic N) is 6. The molecule has 1 aliphatic carbocycles. The van der Waals surface area contributed by atoms with Crippen LogP contribution in [0.3, 0.4) is 0 Å². The first-order valence-corrected chi connectivity index (χ1v) is 15.2. The SMILES string of the molecule is CC[C@@H]1CCCN(C(=O)c2cc(OC)c3c(c2)nc(-c2cc4cccc(Nc5cnn(C)c5)c4n2CC2CC2)n3C)C1. The minimum Gasteiger partial charge on any atom is -0.494 e. The van der Waals surface area contributed by atoms with Gasteiger partial charge in [-0.1, -0.05) is 25.5 Å². The van der Waals surface area contributed by atoms with E-state index >= 15 is 0 Å².